The van der Waals surface area contributed by atoms with Crippen LogP contribution in [-0.2, 0) is 0 Å². The first-order valence-corrected chi connectivity index (χ1v) is 5.36. The molecule has 1 aromatic rings. The van der Waals surface area contributed by atoms with Crippen molar-refractivity contribution in [1.29, 1.82) is 0 Å². The summed E-state index contributed by atoms with van der Waals surface area (Å²) in [5, 5.41) is 0. The first kappa shape index (κ1) is 10.7. The number of benzene rings is 1. The molecule has 13 heavy (non-hydrogen) atoms. The van der Waals surface area contributed by atoms with E-state index in [9.17, 15) is 0 Å². The maximum atomic E-state index is 6.00. The van der Waals surface area contributed by atoms with Crippen molar-refractivity contribution >= 4 is 22.6 Å². The third-order valence-electron chi connectivity index (χ3n) is 2.13. The van der Waals surface area contributed by atoms with Crippen LogP contribution in [0.2, 0.25) is 0 Å². The van der Waals surface area contributed by atoms with Gasteiger partial charge in [0.2, 0.25) is 0 Å². The lowest BCUT2D eigenvalue weighted by Crippen LogP contribution is -2.11. The molecular weight excluding hydrogens is 273 g/mol. The van der Waals surface area contributed by atoms with E-state index in [1.807, 2.05) is 12.1 Å². The highest BCUT2D eigenvalue weighted by Gasteiger charge is 2.08. The molecule has 0 bridgehead atoms. The number of nitrogens with two attached hydrogens (primary N) is 1. The van der Waals surface area contributed by atoms with E-state index in [0.717, 1.165) is 6.42 Å². The molecule has 0 unspecified atom stereocenters. The molecule has 0 aliphatic rings. The van der Waals surface area contributed by atoms with Crippen LogP contribution in [0.1, 0.15) is 23.6 Å². The van der Waals surface area contributed by atoms with Gasteiger partial charge in [-0.3, -0.25) is 0 Å². The highest BCUT2D eigenvalue weighted by molar-refractivity contribution is 14.1. The molecule has 2 heteroatoms. The normalized spacial score (nSPS) is 12.5. The van der Waals surface area contributed by atoms with Crippen molar-refractivity contribution < 1.29 is 0 Å². The first-order valence-electron chi connectivity index (χ1n) is 4.28. The van der Waals surface area contributed by atoms with E-state index in [1.165, 1.54) is 14.7 Å². The largest absolute Gasteiger partial charge is 0.324 e. The average molecular weight is 287 g/mol. The standard InChI is InChI=1S/C11H14IN/c1-3-5-11(13)9-6-4-7-10(12)8(9)2/h3-4,6-7,11H,1,5,13H2,2H3/t11-/m0/s1. The van der Waals surface area contributed by atoms with Gasteiger partial charge < -0.3 is 5.73 Å². The van der Waals surface area contributed by atoms with Crippen LogP contribution in [0.5, 0.6) is 0 Å². The van der Waals surface area contributed by atoms with Gasteiger partial charge in [-0.05, 0) is 53.1 Å². The molecule has 2 N–H and O–H groups in total. The van der Waals surface area contributed by atoms with E-state index >= 15 is 0 Å². The Bertz CT molecular complexity index is 307. The van der Waals surface area contributed by atoms with Crippen molar-refractivity contribution in [3.8, 4) is 0 Å². The quantitative estimate of drug-likeness (QED) is 0.670. The zero-order chi connectivity index (χ0) is 9.84. The maximum Gasteiger partial charge on any atom is 0.0332 e. The molecule has 0 spiro atoms. The Hall–Kier alpha value is -0.350. The van der Waals surface area contributed by atoms with Crippen molar-refractivity contribution in [2.45, 2.75) is 19.4 Å². The third-order valence-corrected chi connectivity index (χ3v) is 3.30. The molecule has 0 heterocycles. The van der Waals surface area contributed by atoms with Gasteiger partial charge in [-0.1, -0.05) is 18.2 Å². The van der Waals surface area contributed by atoms with Crippen LogP contribution < -0.4 is 5.73 Å². The summed E-state index contributed by atoms with van der Waals surface area (Å²) in [4.78, 5) is 0. The minimum atomic E-state index is 0.0900. The lowest BCUT2D eigenvalue weighted by atomic mass is 10.00. The van der Waals surface area contributed by atoms with Gasteiger partial charge in [0.1, 0.15) is 0 Å². The molecule has 0 radical (unpaired) electrons. The molecule has 70 valence electrons. The summed E-state index contributed by atoms with van der Waals surface area (Å²) < 4.78 is 1.27. The Kier molecular flexibility index (Phi) is 3.93. The summed E-state index contributed by atoms with van der Waals surface area (Å²) >= 11 is 2.33. The van der Waals surface area contributed by atoms with Crippen LogP contribution in [0, 0.1) is 10.5 Å². The number of halogens is 1. The SMILES string of the molecule is C=CC[C@H](N)c1cccc(I)c1C. The summed E-state index contributed by atoms with van der Waals surface area (Å²) in [6.45, 7) is 5.81. The highest BCUT2D eigenvalue weighted by Crippen LogP contribution is 2.22. The third kappa shape index (κ3) is 2.54. The van der Waals surface area contributed by atoms with Gasteiger partial charge in [0.15, 0.2) is 0 Å². The molecule has 0 aliphatic heterocycles. The Labute approximate surface area is 93.2 Å². The van der Waals surface area contributed by atoms with Crippen molar-refractivity contribution in [2.24, 2.45) is 5.73 Å². The van der Waals surface area contributed by atoms with E-state index in [4.69, 9.17) is 5.73 Å². The van der Waals surface area contributed by atoms with Crippen LogP contribution in [0.3, 0.4) is 0 Å². The maximum absolute atomic E-state index is 6.00. The lowest BCUT2D eigenvalue weighted by Gasteiger charge is -2.13. The van der Waals surface area contributed by atoms with Crippen molar-refractivity contribution in [2.75, 3.05) is 0 Å². The van der Waals surface area contributed by atoms with E-state index in [1.54, 1.807) is 0 Å². The molecule has 1 aromatic carbocycles. The topological polar surface area (TPSA) is 26.0 Å². The number of rotatable bonds is 3. The van der Waals surface area contributed by atoms with Crippen LogP contribution in [0.15, 0.2) is 30.9 Å². The number of hydrogen-bond donors (Lipinski definition) is 1. The molecule has 0 amide bonds. The van der Waals surface area contributed by atoms with E-state index in [2.05, 4.69) is 48.2 Å². The summed E-state index contributed by atoms with van der Waals surface area (Å²) in [5.41, 5.74) is 8.52. The molecule has 0 aromatic heterocycles. The minimum Gasteiger partial charge on any atom is -0.324 e. The summed E-state index contributed by atoms with van der Waals surface area (Å²) in [7, 11) is 0. The van der Waals surface area contributed by atoms with Gasteiger partial charge in [0, 0.05) is 9.61 Å². The highest BCUT2D eigenvalue weighted by atomic mass is 127. The summed E-state index contributed by atoms with van der Waals surface area (Å²) in [6.07, 6.45) is 2.70. The molecular formula is C11H14IN. The summed E-state index contributed by atoms with van der Waals surface area (Å²) in [5.74, 6) is 0. The monoisotopic (exact) mass is 287 g/mol. The smallest absolute Gasteiger partial charge is 0.0332 e. The van der Waals surface area contributed by atoms with E-state index in [-0.39, 0.29) is 6.04 Å². The van der Waals surface area contributed by atoms with Gasteiger partial charge in [-0.25, -0.2) is 0 Å². The van der Waals surface area contributed by atoms with Gasteiger partial charge in [-0.15, -0.1) is 6.58 Å². The predicted molar refractivity (Wildman–Crippen MR) is 65.6 cm³/mol. The van der Waals surface area contributed by atoms with Crippen LogP contribution in [-0.4, -0.2) is 0 Å². The van der Waals surface area contributed by atoms with Crippen molar-refractivity contribution in [3.05, 3.63) is 45.6 Å². The second kappa shape index (κ2) is 4.77. The predicted octanol–water partition coefficient (Wildman–Crippen LogP) is 3.18. The van der Waals surface area contributed by atoms with Gasteiger partial charge in [0.05, 0.1) is 0 Å². The van der Waals surface area contributed by atoms with Gasteiger partial charge in [-0.2, -0.15) is 0 Å². The Morgan fingerprint density at radius 1 is 1.62 bits per heavy atom. The van der Waals surface area contributed by atoms with Crippen molar-refractivity contribution in [3.63, 3.8) is 0 Å². The molecule has 0 fully saturated rings. The summed E-state index contributed by atoms with van der Waals surface area (Å²) in [6, 6.07) is 6.32. The fraction of sp³-hybridized carbons (Fsp3) is 0.273. The zero-order valence-electron chi connectivity index (χ0n) is 7.76. The molecule has 1 atom stereocenters. The second-order valence-electron chi connectivity index (χ2n) is 3.08. The first-order chi connectivity index (χ1) is 6.16. The lowest BCUT2D eigenvalue weighted by molar-refractivity contribution is 0.735. The fourth-order valence-corrected chi connectivity index (χ4v) is 1.85. The average Bonchev–Trinajstić information content (AvgIpc) is 2.10. The van der Waals surface area contributed by atoms with E-state index < -0.39 is 0 Å². The van der Waals surface area contributed by atoms with Gasteiger partial charge in [0.25, 0.3) is 0 Å². The fourth-order valence-electron chi connectivity index (χ4n) is 1.33. The Balaban J connectivity index is 3.00. The molecule has 1 rings (SSSR count). The van der Waals surface area contributed by atoms with Crippen LogP contribution in [0.4, 0.5) is 0 Å². The molecule has 0 saturated carbocycles. The molecule has 0 aliphatic carbocycles. The van der Waals surface area contributed by atoms with Gasteiger partial charge >= 0.3 is 0 Å². The second-order valence-corrected chi connectivity index (χ2v) is 4.25. The van der Waals surface area contributed by atoms with Crippen molar-refractivity contribution in [1.82, 2.24) is 0 Å². The molecule has 0 saturated heterocycles. The van der Waals surface area contributed by atoms with Crippen LogP contribution >= 0.6 is 22.6 Å². The zero-order valence-corrected chi connectivity index (χ0v) is 9.91. The number of hydrogen-bond acceptors (Lipinski definition) is 1. The molecule has 1 nitrogen and oxygen atoms in total. The minimum absolute atomic E-state index is 0.0900. The Morgan fingerprint density at radius 3 is 2.92 bits per heavy atom. The Morgan fingerprint density at radius 2 is 2.31 bits per heavy atom. The van der Waals surface area contributed by atoms with Crippen LogP contribution in [0.25, 0.3) is 0 Å². The van der Waals surface area contributed by atoms with E-state index in [0.29, 0.717) is 0 Å².